The van der Waals surface area contributed by atoms with E-state index in [2.05, 4.69) is 10.2 Å². The minimum atomic E-state index is -1.05. The van der Waals surface area contributed by atoms with E-state index in [9.17, 15) is 4.79 Å². The van der Waals surface area contributed by atoms with E-state index in [1.165, 1.54) is 6.07 Å². The Labute approximate surface area is 106 Å². The number of nitrogens with zero attached hydrogens (tertiary/aromatic N) is 3. The van der Waals surface area contributed by atoms with Gasteiger partial charge in [0.2, 0.25) is 0 Å². The highest BCUT2D eigenvalue weighted by Gasteiger charge is 2.17. The van der Waals surface area contributed by atoms with Crippen LogP contribution >= 0.6 is 0 Å². The number of ether oxygens (including phenoxy) is 1. The molecule has 0 aromatic carbocycles. The SMILES string of the molecule is CN(CC1CCOCC1)c1ccc(C(=O)O)nn1. The van der Waals surface area contributed by atoms with Crippen molar-refractivity contribution in [1.82, 2.24) is 10.2 Å². The van der Waals surface area contributed by atoms with E-state index in [0.29, 0.717) is 11.7 Å². The predicted octanol–water partition coefficient (Wildman–Crippen LogP) is 1.04. The summed E-state index contributed by atoms with van der Waals surface area (Å²) in [5.74, 6) is 0.248. The summed E-state index contributed by atoms with van der Waals surface area (Å²) >= 11 is 0. The van der Waals surface area contributed by atoms with E-state index >= 15 is 0 Å². The quantitative estimate of drug-likeness (QED) is 0.861. The van der Waals surface area contributed by atoms with Crippen molar-refractivity contribution >= 4 is 11.8 Å². The third kappa shape index (κ3) is 3.16. The van der Waals surface area contributed by atoms with Gasteiger partial charge in [0, 0.05) is 26.8 Å². The van der Waals surface area contributed by atoms with Crippen LogP contribution in [0.4, 0.5) is 5.82 Å². The standard InChI is InChI=1S/C12H17N3O3/c1-15(8-9-4-6-18-7-5-9)11-3-2-10(12(16)17)13-14-11/h2-3,9H,4-8H2,1H3,(H,16,17). The van der Waals surface area contributed by atoms with Crippen molar-refractivity contribution in [2.24, 2.45) is 5.92 Å². The molecule has 0 aliphatic carbocycles. The van der Waals surface area contributed by atoms with Crippen molar-refractivity contribution in [3.05, 3.63) is 17.8 Å². The molecule has 2 heterocycles. The van der Waals surface area contributed by atoms with E-state index in [-0.39, 0.29) is 5.69 Å². The van der Waals surface area contributed by atoms with Gasteiger partial charge in [-0.25, -0.2) is 4.79 Å². The molecule has 1 aliphatic rings. The minimum absolute atomic E-state index is 0.0294. The lowest BCUT2D eigenvalue weighted by atomic mass is 10.00. The number of carboxylic acids is 1. The Morgan fingerprint density at radius 1 is 1.44 bits per heavy atom. The lowest BCUT2D eigenvalue weighted by Gasteiger charge is -2.27. The van der Waals surface area contributed by atoms with Crippen LogP contribution in [-0.2, 0) is 4.74 Å². The van der Waals surface area contributed by atoms with Crippen LogP contribution in [0, 0.1) is 5.92 Å². The predicted molar refractivity (Wildman–Crippen MR) is 65.8 cm³/mol. The Morgan fingerprint density at radius 3 is 2.72 bits per heavy atom. The Balaban J connectivity index is 1.95. The number of rotatable bonds is 4. The molecule has 6 heteroatoms. The highest BCUT2D eigenvalue weighted by molar-refractivity contribution is 5.85. The summed E-state index contributed by atoms with van der Waals surface area (Å²) in [5, 5.41) is 16.4. The summed E-state index contributed by atoms with van der Waals surface area (Å²) in [6.07, 6.45) is 2.12. The van der Waals surface area contributed by atoms with Gasteiger partial charge in [-0.3, -0.25) is 0 Å². The van der Waals surface area contributed by atoms with Gasteiger partial charge in [0.05, 0.1) is 0 Å². The van der Waals surface area contributed by atoms with Crippen molar-refractivity contribution in [2.45, 2.75) is 12.8 Å². The fourth-order valence-corrected chi connectivity index (χ4v) is 2.05. The monoisotopic (exact) mass is 251 g/mol. The number of carboxylic acid groups (broad SMARTS) is 1. The molecular formula is C12H17N3O3. The minimum Gasteiger partial charge on any atom is -0.476 e. The van der Waals surface area contributed by atoms with Crippen molar-refractivity contribution in [3.8, 4) is 0 Å². The first-order valence-corrected chi connectivity index (χ1v) is 6.02. The number of aromatic carboxylic acids is 1. The van der Waals surface area contributed by atoms with Crippen LogP contribution in [0.3, 0.4) is 0 Å². The van der Waals surface area contributed by atoms with Gasteiger partial charge in [-0.1, -0.05) is 0 Å². The van der Waals surface area contributed by atoms with Gasteiger partial charge in [-0.15, -0.1) is 10.2 Å². The first-order valence-electron chi connectivity index (χ1n) is 6.02. The molecule has 0 radical (unpaired) electrons. The molecule has 1 fully saturated rings. The zero-order valence-corrected chi connectivity index (χ0v) is 10.4. The fraction of sp³-hybridized carbons (Fsp3) is 0.583. The maximum atomic E-state index is 10.7. The molecule has 6 nitrogen and oxygen atoms in total. The van der Waals surface area contributed by atoms with E-state index in [1.54, 1.807) is 6.07 Å². The molecule has 0 bridgehead atoms. The summed E-state index contributed by atoms with van der Waals surface area (Å²) in [5.41, 5.74) is -0.0294. The van der Waals surface area contributed by atoms with Gasteiger partial charge in [0.15, 0.2) is 11.5 Å². The van der Waals surface area contributed by atoms with Crippen LogP contribution in [0.5, 0.6) is 0 Å². The number of hydrogen-bond donors (Lipinski definition) is 1. The summed E-state index contributed by atoms with van der Waals surface area (Å²) in [4.78, 5) is 12.7. The van der Waals surface area contributed by atoms with Crippen LogP contribution in [0.15, 0.2) is 12.1 Å². The van der Waals surface area contributed by atoms with Gasteiger partial charge in [-0.2, -0.15) is 0 Å². The molecule has 1 aromatic heterocycles. The molecule has 2 rings (SSSR count). The number of anilines is 1. The third-order valence-electron chi connectivity index (χ3n) is 3.13. The number of hydrogen-bond acceptors (Lipinski definition) is 5. The molecule has 0 unspecified atom stereocenters. The molecule has 0 spiro atoms. The molecule has 98 valence electrons. The van der Waals surface area contributed by atoms with Crippen LogP contribution in [0.25, 0.3) is 0 Å². The molecular weight excluding hydrogens is 234 g/mol. The van der Waals surface area contributed by atoms with Crippen molar-refractivity contribution < 1.29 is 14.6 Å². The summed E-state index contributed by atoms with van der Waals surface area (Å²) < 4.78 is 5.32. The zero-order valence-electron chi connectivity index (χ0n) is 10.4. The van der Waals surface area contributed by atoms with Crippen LogP contribution < -0.4 is 4.90 Å². The van der Waals surface area contributed by atoms with Gasteiger partial charge >= 0.3 is 5.97 Å². The van der Waals surface area contributed by atoms with Gasteiger partial charge in [0.25, 0.3) is 0 Å². The Bertz CT molecular complexity index is 402. The Kier molecular flexibility index (Phi) is 4.09. The number of aromatic nitrogens is 2. The van der Waals surface area contributed by atoms with E-state index < -0.39 is 5.97 Å². The van der Waals surface area contributed by atoms with Crippen LogP contribution in [0.2, 0.25) is 0 Å². The van der Waals surface area contributed by atoms with Crippen molar-refractivity contribution in [3.63, 3.8) is 0 Å². The second-order valence-electron chi connectivity index (χ2n) is 4.52. The second-order valence-corrected chi connectivity index (χ2v) is 4.52. The Morgan fingerprint density at radius 2 is 2.17 bits per heavy atom. The molecule has 1 aromatic rings. The first-order chi connectivity index (χ1) is 8.66. The fourth-order valence-electron chi connectivity index (χ4n) is 2.05. The topological polar surface area (TPSA) is 75.5 Å². The highest BCUT2D eigenvalue weighted by atomic mass is 16.5. The summed E-state index contributed by atoms with van der Waals surface area (Å²) in [6, 6.07) is 3.17. The largest absolute Gasteiger partial charge is 0.476 e. The van der Waals surface area contributed by atoms with Gasteiger partial charge < -0.3 is 14.7 Å². The molecule has 0 amide bonds. The summed E-state index contributed by atoms with van der Waals surface area (Å²) in [6.45, 7) is 2.54. The van der Waals surface area contributed by atoms with Crippen LogP contribution in [0.1, 0.15) is 23.3 Å². The third-order valence-corrected chi connectivity index (χ3v) is 3.13. The normalized spacial score (nSPS) is 16.5. The first kappa shape index (κ1) is 12.8. The Hall–Kier alpha value is -1.69. The van der Waals surface area contributed by atoms with E-state index in [4.69, 9.17) is 9.84 Å². The average molecular weight is 251 g/mol. The van der Waals surface area contributed by atoms with E-state index in [1.807, 2.05) is 11.9 Å². The lowest BCUT2D eigenvalue weighted by Crippen LogP contribution is -2.30. The van der Waals surface area contributed by atoms with E-state index in [0.717, 1.165) is 32.6 Å². The number of carbonyl (C=O) groups is 1. The van der Waals surface area contributed by atoms with Gasteiger partial charge in [0.1, 0.15) is 0 Å². The van der Waals surface area contributed by atoms with Crippen molar-refractivity contribution in [1.29, 1.82) is 0 Å². The average Bonchev–Trinajstić information content (AvgIpc) is 2.40. The second kappa shape index (κ2) is 5.77. The van der Waals surface area contributed by atoms with Crippen LogP contribution in [-0.4, -0.2) is 48.1 Å². The molecule has 1 aliphatic heterocycles. The summed E-state index contributed by atoms with van der Waals surface area (Å²) in [7, 11) is 1.94. The molecule has 1 saturated heterocycles. The lowest BCUT2D eigenvalue weighted by molar-refractivity contribution is 0.0681. The molecule has 18 heavy (non-hydrogen) atoms. The highest BCUT2D eigenvalue weighted by Crippen LogP contribution is 2.18. The van der Waals surface area contributed by atoms with Crippen molar-refractivity contribution in [2.75, 3.05) is 31.7 Å². The molecule has 0 atom stereocenters. The molecule has 1 N–H and O–H groups in total. The smallest absolute Gasteiger partial charge is 0.356 e. The molecule has 0 saturated carbocycles. The van der Waals surface area contributed by atoms with Gasteiger partial charge in [-0.05, 0) is 30.9 Å². The maximum absolute atomic E-state index is 10.7. The maximum Gasteiger partial charge on any atom is 0.356 e. The zero-order chi connectivity index (χ0) is 13.0.